The van der Waals surface area contributed by atoms with E-state index in [0.717, 1.165) is 51.4 Å². The summed E-state index contributed by atoms with van der Waals surface area (Å²) in [6, 6.07) is 6.26. The molecule has 0 aromatic heterocycles. The molecule has 0 spiro atoms. The van der Waals surface area contributed by atoms with Gasteiger partial charge in [-0.1, -0.05) is 128 Å². The van der Waals surface area contributed by atoms with Crippen LogP contribution < -0.4 is 5.32 Å². The fraction of sp³-hybridized carbons (Fsp3) is 0.667. The number of ether oxygens (including phenoxy) is 2. The molecule has 1 heterocycles. The molecule has 44 heavy (non-hydrogen) atoms. The third kappa shape index (κ3) is 12.4. The van der Waals surface area contributed by atoms with Crippen molar-refractivity contribution in [3.63, 3.8) is 0 Å². The minimum absolute atomic E-state index is 0.156. The largest absolute Gasteiger partial charge is 0.462 e. The molecule has 1 aliphatic heterocycles. The Kier molecular flexibility index (Phi) is 18.1. The quantitative estimate of drug-likeness (QED) is 0.0567. The normalized spacial score (nSPS) is 14.9. The molecule has 8 heteroatoms. The molecule has 8 nitrogen and oxygen atoms in total. The number of dihydropyridines is 1. The average Bonchev–Trinajstić information content (AvgIpc) is 3.00. The summed E-state index contributed by atoms with van der Waals surface area (Å²) < 4.78 is 11.4. The molecule has 1 aromatic rings. The fourth-order valence-corrected chi connectivity index (χ4v) is 5.88. The standard InChI is InChI=1S/C36H56N2O6/c1-5-7-9-11-12-13-14-15-16-17-19-23-27-44-36(40)33-29(4)37-28(3)32(35(39)43-26-22-18-10-8-6-2)34(33)30-24-20-21-25-31(30)38(41)42/h20-21,24-25,34,37H,5-19,22-23,26-27H2,1-4H3. The van der Waals surface area contributed by atoms with Crippen molar-refractivity contribution in [1.29, 1.82) is 0 Å². The third-order valence-corrected chi connectivity index (χ3v) is 8.36. The van der Waals surface area contributed by atoms with Crippen molar-refractivity contribution in [2.75, 3.05) is 13.2 Å². The molecule has 0 bridgehead atoms. The third-order valence-electron chi connectivity index (χ3n) is 8.36. The molecule has 0 fully saturated rings. The number of nitrogens with one attached hydrogen (secondary N) is 1. The summed E-state index contributed by atoms with van der Waals surface area (Å²) in [5.74, 6) is -2.12. The van der Waals surface area contributed by atoms with Crippen LogP contribution in [0.1, 0.15) is 148 Å². The van der Waals surface area contributed by atoms with Gasteiger partial charge in [-0.05, 0) is 26.7 Å². The highest BCUT2D eigenvalue weighted by Gasteiger charge is 2.40. The summed E-state index contributed by atoms with van der Waals surface area (Å²) in [6.07, 6.45) is 19.5. The minimum Gasteiger partial charge on any atom is -0.462 e. The van der Waals surface area contributed by atoms with Crippen molar-refractivity contribution >= 4 is 17.6 Å². The summed E-state index contributed by atoms with van der Waals surface area (Å²) in [6.45, 7) is 8.37. The predicted molar refractivity (Wildman–Crippen MR) is 176 cm³/mol. The monoisotopic (exact) mass is 612 g/mol. The number of unbranched alkanes of at least 4 members (excludes halogenated alkanes) is 15. The number of carbonyl (C=O) groups is 2. The van der Waals surface area contributed by atoms with E-state index < -0.39 is 22.8 Å². The van der Waals surface area contributed by atoms with Crippen LogP contribution in [0.5, 0.6) is 0 Å². The maximum atomic E-state index is 13.5. The van der Waals surface area contributed by atoms with Gasteiger partial charge in [-0.15, -0.1) is 0 Å². The van der Waals surface area contributed by atoms with Crippen LogP contribution in [-0.4, -0.2) is 30.1 Å². The first-order chi connectivity index (χ1) is 21.3. The van der Waals surface area contributed by atoms with Crippen LogP contribution >= 0.6 is 0 Å². The Morgan fingerprint density at radius 1 is 0.682 bits per heavy atom. The Morgan fingerprint density at radius 2 is 1.07 bits per heavy atom. The van der Waals surface area contributed by atoms with Gasteiger partial charge in [0.25, 0.3) is 5.69 Å². The van der Waals surface area contributed by atoms with Gasteiger partial charge in [-0.25, -0.2) is 9.59 Å². The molecule has 1 unspecified atom stereocenters. The summed E-state index contributed by atoms with van der Waals surface area (Å²) in [5, 5.41) is 15.2. The second kappa shape index (κ2) is 21.5. The first kappa shape index (κ1) is 37.0. The molecule has 246 valence electrons. The maximum Gasteiger partial charge on any atom is 0.336 e. The zero-order chi connectivity index (χ0) is 32.2. The number of hydrogen-bond donors (Lipinski definition) is 1. The lowest BCUT2D eigenvalue weighted by Crippen LogP contribution is -2.33. The lowest BCUT2D eigenvalue weighted by atomic mass is 9.79. The van der Waals surface area contributed by atoms with Crippen LogP contribution in [0.4, 0.5) is 5.69 Å². The van der Waals surface area contributed by atoms with E-state index in [2.05, 4.69) is 19.2 Å². The zero-order valence-corrected chi connectivity index (χ0v) is 27.7. The van der Waals surface area contributed by atoms with Crippen molar-refractivity contribution in [2.24, 2.45) is 0 Å². The zero-order valence-electron chi connectivity index (χ0n) is 27.7. The van der Waals surface area contributed by atoms with Gasteiger partial charge in [0.15, 0.2) is 0 Å². The van der Waals surface area contributed by atoms with E-state index in [-0.39, 0.29) is 35.6 Å². The molecule has 1 atom stereocenters. The Balaban J connectivity index is 2.03. The van der Waals surface area contributed by atoms with Crippen LogP contribution in [0.2, 0.25) is 0 Å². The van der Waals surface area contributed by atoms with Gasteiger partial charge in [-0.3, -0.25) is 10.1 Å². The number of nitrogens with zero attached hydrogens (tertiary/aromatic N) is 1. The van der Waals surface area contributed by atoms with Crippen molar-refractivity contribution in [3.05, 3.63) is 62.5 Å². The molecule has 0 saturated heterocycles. The number of nitro benzene ring substituents is 1. The molecule has 0 amide bonds. The second-order valence-electron chi connectivity index (χ2n) is 12.0. The molecular formula is C36H56N2O6. The average molecular weight is 613 g/mol. The van der Waals surface area contributed by atoms with E-state index in [9.17, 15) is 19.7 Å². The smallest absolute Gasteiger partial charge is 0.336 e. The highest BCUT2D eigenvalue weighted by molar-refractivity contribution is 6.00. The highest BCUT2D eigenvalue weighted by atomic mass is 16.6. The van der Waals surface area contributed by atoms with Crippen molar-refractivity contribution in [1.82, 2.24) is 5.32 Å². The Bertz CT molecular complexity index is 1110. The topological polar surface area (TPSA) is 108 Å². The number of rotatable bonds is 23. The molecule has 1 N–H and O–H groups in total. The van der Waals surface area contributed by atoms with Gasteiger partial charge in [-0.2, -0.15) is 0 Å². The van der Waals surface area contributed by atoms with E-state index in [4.69, 9.17) is 9.47 Å². The summed E-state index contributed by atoms with van der Waals surface area (Å²) >= 11 is 0. The Hall–Kier alpha value is -3.16. The molecule has 2 rings (SSSR count). The molecule has 1 aliphatic rings. The van der Waals surface area contributed by atoms with Gasteiger partial charge < -0.3 is 14.8 Å². The molecule has 0 aliphatic carbocycles. The minimum atomic E-state index is -0.972. The number of para-hydroxylation sites is 1. The Labute approximate surface area is 265 Å². The van der Waals surface area contributed by atoms with Crippen molar-refractivity contribution in [3.8, 4) is 0 Å². The molecule has 0 saturated carbocycles. The molecular weight excluding hydrogens is 556 g/mol. The second-order valence-corrected chi connectivity index (χ2v) is 12.0. The van der Waals surface area contributed by atoms with E-state index in [1.807, 2.05) is 0 Å². The lowest BCUT2D eigenvalue weighted by Gasteiger charge is -2.30. The van der Waals surface area contributed by atoms with Crippen LogP contribution in [0.25, 0.3) is 0 Å². The van der Waals surface area contributed by atoms with Crippen molar-refractivity contribution in [2.45, 2.75) is 143 Å². The summed E-state index contributed by atoms with van der Waals surface area (Å²) in [7, 11) is 0. The van der Waals surface area contributed by atoms with Crippen molar-refractivity contribution < 1.29 is 24.0 Å². The number of allylic oxidation sites excluding steroid dienone is 2. The van der Waals surface area contributed by atoms with Gasteiger partial charge in [0.05, 0.1) is 35.2 Å². The van der Waals surface area contributed by atoms with Gasteiger partial charge >= 0.3 is 11.9 Å². The fourth-order valence-electron chi connectivity index (χ4n) is 5.88. The number of carbonyl (C=O) groups excluding carboxylic acids is 2. The van der Waals surface area contributed by atoms with Gasteiger partial charge in [0, 0.05) is 23.0 Å². The molecule has 1 aromatic carbocycles. The van der Waals surface area contributed by atoms with Crippen LogP contribution in [-0.2, 0) is 19.1 Å². The first-order valence-electron chi connectivity index (χ1n) is 17.1. The summed E-state index contributed by atoms with van der Waals surface area (Å²) in [5.41, 5.74) is 1.55. The van der Waals surface area contributed by atoms with E-state index in [1.54, 1.807) is 32.0 Å². The van der Waals surface area contributed by atoms with Crippen LogP contribution in [0.15, 0.2) is 46.8 Å². The lowest BCUT2D eigenvalue weighted by molar-refractivity contribution is -0.385. The summed E-state index contributed by atoms with van der Waals surface area (Å²) in [4.78, 5) is 38.5. The Morgan fingerprint density at radius 3 is 1.48 bits per heavy atom. The van der Waals surface area contributed by atoms with E-state index in [0.29, 0.717) is 11.4 Å². The van der Waals surface area contributed by atoms with Crippen LogP contribution in [0, 0.1) is 10.1 Å². The highest BCUT2D eigenvalue weighted by Crippen LogP contribution is 2.42. The van der Waals surface area contributed by atoms with Crippen LogP contribution in [0.3, 0.4) is 0 Å². The maximum absolute atomic E-state index is 13.5. The number of benzene rings is 1. The van der Waals surface area contributed by atoms with Gasteiger partial charge in [0.1, 0.15) is 0 Å². The number of esters is 2. The molecule has 0 radical (unpaired) electrons. The van der Waals surface area contributed by atoms with E-state index in [1.165, 1.54) is 63.9 Å². The first-order valence-corrected chi connectivity index (χ1v) is 17.1. The SMILES string of the molecule is CCCCCCCCCCCCCCOC(=O)C1=C(C)NC(C)=C(C(=O)OCCCCCCC)C1c1ccccc1[N+](=O)[O-]. The number of hydrogen-bond acceptors (Lipinski definition) is 7. The predicted octanol–water partition coefficient (Wildman–Crippen LogP) is 9.59. The van der Waals surface area contributed by atoms with Gasteiger partial charge in [0.2, 0.25) is 0 Å². The van der Waals surface area contributed by atoms with E-state index >= 15 is 0 Å². The number of nitro groups is 1.